The second-order valence-electron chi connectivity index (χ2n) is 2.89. The molecular formula is C9H6Cl2N2O. The van der Waals surface area contributed by atoms with E-state index in [2.05, 4.69) is 4.98 Å². The lowest BCUT2D eigenvalue weighted by atomic mass is 10.4. The summed E-state index contributed by atoms with van der Waals surface area (Å²) in [7, 11) is 0. The van der Waals surface area contributed by atoms with Crippen LogP contribution in [0.25, 0.3) is 5.65 Å². The van der Waals surface area contributed by atoms with Crippen LogP contribution in [0.3, 0.4) is 0 Å². The van der Waals surface area contributed by atoms with Gasteiger partial charge in [0.15, 0.2) is 0 Å². The molecule has 0 radical (unpaired) electrons. The molecule has 2 aromatic heterocycles. The minimum Gasteiger partial charge on any atom is -0.296 e. The lowest BCUT2D eigenvalue weighted by Gasteiger charge is -1.96. The van der Waals surface area contributed by atoms with Gasteiger partial charge in [0.25, 0.3) is 5.24 Å². The Balaban J connectivity index is 2.84. The Labute approximate surface area is 90.3 Å². The monoisotopic (exact) mass is 228 g/mol. The Morgan fingerprint density at radius 2 is 2.29 bits per heavy atom. The summed E-state index contributed by atoms with van der Waals surface area (Å²) in [5, 5.41) is 0.0633. The number of aryl methyl sites for hydroxylation is 1. The van der Waals surface area contributed by atoms with Crippen LogP contribution in [0, 0.1) is 6.92 Å². The molecule has 0 fully saturated rings. The maximum Gasteiger partial charge on any atom is 0.271 e. The zero-order chi connectivity index (χ0) is 10.3. The molecule has 0 aliphatic rings. The highest BCUT2D eigenvalue weighted by Gasteiger charge is 2.13. The molecule has 0 spiro atoms. The Bertz CT molecular complexity index is 519. The van der Waals surface area contributed by atoms with E-state index in [0.29, 0.717) is 22.1 Å². The van der Waals surface area contributed by atoms with Crippen molar-refractivity contribution in [1.29, 1.82) is 0 Å². The van der Waals surface area contributed by atoms with Crippen LogP contribution in [-0.4, -0.2) is 14.6 Å². The van der Waals surface area contributed by atoms with Crippen molar-refractivity contribution in [3.05, 3.63) is 34.7 Å². The minimum atomic E-state index is -0.516. The van der Waals surface area contributed by atoms with Crippen LogP contribution in [0.15, 0.2) is 18.3 Å². The summed E-state index contributed by atoms with van der Waals surface area (Å²) in [6, 6.07) is 3.36. The van der Waals surface area contributed by atoms with Crippen molar-refractivity contribution in [2.45, 2.75) is 6.92 Å². The van der Waals surface area contributed by atoms with Crippen molar-refractivity contribution in [2.24, 2.45) is 0 Å². The molecule has 0 unspecified atom stereocenters. The molecule has 0 bridgehead atoms. The Morgan fingerprint density at radius 1 is 1.57 bits per heavy atom. The van der Waals surface area contributed by atoms with E-state index in [0.717, 1.165) is 0 Å². The first kappa shape index (κ1) is 9.49. The maximum absolute atomic E-state index is 11.1. The molecule has 0 atom stereocenters. The van der Waals surface area contributed by atoms with Crippen molar-refractivity contribution >= 4 is 34.1 Å². The number of imidazole rings is 1. The first-order chi connectivity index (χ1) is 6.59. The highest BCUT2D eigenvalue weighted by atomic mass is 35.5. The quantitative estimate of drug-likeness (QED) is 0.704. The van der Waals surface area contributed by atoms with Gasteiger partial charge in [-0.3, -0.25) is 9.20 Å². The number of halogens is 2. The van der Waals surface area contributed by atoms with Gasteiger partial charge < -0.3 is 0 Å². The van der Waals surface area contributed by atoms with Crippen molar-refractivity contribution in [3.63, 3.8) is 0 Å². The van der Waals surface area contributed by atoms with E-state index in [9.17, 15) is 4.79 Å². The van der Waals surface area contributed by atoms with E-state index < -0.39 is 5.24 Å². The van der Waals surface area contributed by atoms with Gasteiger partial charge in [-0.2, -0.15) is 0 Å². The summed E-state index contributed by atoms with van der Waals surface area (Å²) in [6.45, 7) is 1.73. The second-order valence-corrected chi connectivity index (χ2v) is 3.67. The topological polar surface area (TPSA) is 34.4 Å². The fourth-order valence-corrected chi connectivity index (χ4v) is 1.76. The predicted molar refractivity (Wildman–Crippen MR) is 55.1 cm³/mol. The highest BCUT2D eigenvalue weighted by Crippen LogP contribution is 2.17. The summed E-state index contributed by atoms with van der Waals surface area (Å²) >= 11 is 11.2. The van der Waals surface area contributed by atoms with Crippen LogP contribution in [0.2, 0.25) is 5.02 Å². The number of hydrogen-bond donors (Lipinski definition) is 0. The maximum atomic E-state index is 11.1. The van der Waals surface area contributed by atoms with Gasteiger partial charge in [-0.1, -0.05) is 11.6 Å². The molecular weight excluding hydrogens is 223 g/mol. The lowest BCUT2D eigenvalue weighted by molar-refractivity contribution is 0.107. The van der Waals surface area contributed by atoms with Crippen molar-refractivity contribution in [1.82, 2.24) is 9.38 Å². The summed E-state index contributed by atoms with van der Waals surface area (Å²) in [5.74, 6) is 0. The third kappa shape index (κ3) is 1.38. The molecule has 14 heavy (non-hydrogen) atoms. The number of rotatable bonds is 1. The number of carbonyl (C=O) groups is 1. The lowest BCUT2D eigenvalue weighted by Crippen LogP contribution is -1.97. The Morgan fingerprint density at radius 3 is 2.93 bits per heavy atom. The van der Waals surface area contributed by atoms with Crippen molar-refractivity contribution < 1.29 is 4.79 Å². The Hall–Kier alpha value is -1.06. The summed E-state index contributed by atoms with van der Waals surface area (Å²) in [5.41, 5.74) is 1.62. The van der Waals surface area contributed by atoms with Crippen molar-refractivity contribution in [2.75, 3.05) is 0 Å². The first-order valence-electron chi connectivity index (χ1n) is 3.93. The molecule has 5 heteroatoms. The molecule has 0 aromatic carbocycles. The summed E-state index contributed by atoms with van der Waals surface area (Å²) in [4.78, 5) is 15.3. The molecule has 0 aliphatic carbocycles. The minimum absolute atomic E-state index is 0.387. The van der Waals surface area contributed by atoms with Gasteiger partial charge in [0, 0.05) is 17.3 Å². The van der Waals surface area contributed by atoms with Crippen LogP contribution in [0.1, 0.15) is 16.2 Å². The third-order valence-corrected chi connectivity index (χ3v) is 2.36. The molecule has 0 amide bonds. The van der Waals surface area contributed by atoms with E-state index >= 15 is 0 Å². The number of pyridine rings is 1. The standard InChI is InChI=1S/C9H6Cl2N2O/c1-5-8(9(11)14)13-3-2-6(10)4-7(13)12-5/h2-4H,1H3. The van der Waals surface area contributed by atoms with Crippen LogP contribution in [0.5, 0.6) is 0 Å². The van der Waals surface area contributed by atoms with E-state index in [1.54, 1.807) is 29.7 Å². The highest BCUT2D eigenvalue weighted by molar-refractivity contribution is 6.67. The number of hydrogen-bond acceptors (Lipinski definition) is 2. The fourth-order valence-electron chi connectivity index (χ4n) is 1.37. The number of fused-ring (bicyclic) bond motifs is 1. The van der Waals surface area contributed by atoms with Crippen molar-refractivity contribution in [3.8, 4) is 0 Å². The number of nitrogens with zero attached hydrogens (tertiary/aromatic N) is 2. The molecule has 3 nitrogen and oxygen atoms in total. The predicted octanol–water partition coefficient (Wildman–Crippen LogP) is 2.68. The van der Waals surface area contributed by atoms with Gasteiger partial charge in [0.05, 0.1) is 5.69 Å². The second kappa shape index (κ2) is 3.26. The third-order valence-electron chi connectivity index (χ3n) is 1.95. The van der Waals surface area contributed by atoms with Crippen LogP contribution in [0.4, 0.5) is 0 Å². The molecule has 0 saturated carbocycles. The van der Waals surface area contributed by atoms with Gasteiger partial charge >= 0.3 is 0 Å². The summed E-state index contributed by atoms with van der Waals surface area (Å²) in [6.07, 6.45) is 1.67. The van der Waals surface area contributed by atoms with Gasteiger partial charge in [-0.05, 0) is 24.6 Å². The molecule has 2 rings (SSSR count). The van der Waals surface area contributed by atoms with Gasteiger partial charge in [-0.25, -0.2) is 4.98 Å². The number of carbonyl (C=O) groups excluding carboxylic acids is 1. The van der Waals surface area contributed by atoms with E-state index in [1.807, 2.05) is 0 Å². The fraction of sp³-hybridized carbons (Fsp3) is 0.111. The molecule has 0 saturated heterocycles. The van der Waals surface area contributed by atoms with Crippen LogP contribution < -0.4 is 0 Å². The molecule has 2 heterocycles. The molecule has 72 valence electrons. The van der Waals surface area contributed by atoms with Crippen LogP contribution in [-0.2, 0) is 0 Å². The SMILES string of the molecule is Cc1nc2cc(Cl)ccn2c1C(=O)Cl. The normalized spacial score (nSPS) is 10.8. The van der Waals surface area contributed by atoms with E-state index in [1.165, 1.54) is 0 Å². The van der Waals surface area contributed by atoms with Crippen LogP contribution >= 0.6 is 23.2 Å². The molecule has 0 aliphatic heterocycles. The smallest absolute Gasteiger partial charge is 0.271 e. The zero-order valence-corrected chi connectivity index (χ0v) is 8.80. The first-order valence-corrected chi connectivity index (χ1v) is 4.69. The van der Waals surface area contributed by atoms with Gasteiger partial charge in [0.2, 0.25) is 0 Å². The average Bonchev–Trinajstić information content (AvgIpc) is 2.39. The average molecular weight is 229 g/mol. The van der Waals surface area contributed by atoms with Gasteiger partial charge in [-0.15, -0.1) is 0 Å². The molecule has 0 N–H and O–H groups in total. The molecule has 2 aromatic rings. The van der Waals surface area contributed by atoms with E-state index in [-0.39, 0.29) is 0 Å². The number of aromatic nitrogens is 2. The largest absolute Gasteiger partial charge is 0.296 e. The Kier molecular flexibility index (Phi) is 2.21. The summed E-state index contributed by atoms with van der Waals surface area (Å²) < 4.78 is 1.62. The zero-order valence-electron chi connectivity index (χ0n) is 7.29. The van der Waals surface area contributed by atoms with E-state index in [4.69, 9.17) is 23.2 Å². The van der Waals surface area contributed by atoms with Gasteiger partial charge in [0.1, 0.15) is 11.3 Å².